The monoisotopic (exact) mass is 294 g/mol. The van der Waals surface area contributed by atoms with Crippen molar-refractivity contribution in [2.75, 3.05) is 13.1 Å². The smallest absolute Gasteiger partial charge is 0.0249 e. The highest BCUT2D eigenvalue weighted by Crippen LogP contribution is 2.42. The average Bonchev–Trinajstić information content (AvgIpc) is 2.48. The van der Waals surface area contributed by atoms with E-state index in [2.05, 4.69) is 32.6 Å². The van der Waals surface area contributed by atoms with E-state index in [1.165, 1.54) is 57.9 Å². The molecule has 0 aromatic carbocycles. The molecule has 0 amide bonds. The molecule has 0 bridgehead atoms. The van der Waals surface area contributed by atoms with E-state index in [0.717, 1.165) is 24.4 Å². The zero-order valence-electron chi connectivity index (χ0n) is 14.9. The molecule has 0 radical (unpaired) electrons. The summed E-state index contributed by atoms with van der Waals surface area (Å²) in [6.45, 7) is 11.7. The first-order valence-corrected chi connectivity index (χ1v) is 9.43. The molecule has 2 aliphatic rings. The summed E-state index contributed by atoms with van der Waals surface area (Å²) in [7, 11) is 0. The summed E-state index contributed by atoms with van der Waals surface area (Å²) in [5, 5.41) is 0. The van der Waals surface area contributed by atoms with Crippen molar-refractivity contribution < 1.29 is 0 Å². The van der Waals surface area contributed by atoms with Gasteiger partial charge in [-0.05, 0) is 68.7 Å². The van der Waals surface area contributed by atoms with Crippen LogP contribution in [0.4, 0.5) is 0 Å². The molecule has 2 unspecified atom stereocenters. The Morgan fingerprint density at radius 3 is 2.24 bits per heavy atom. The lowest BCUT2D eigenvalue weighted by molar-refractivity contribution is 0.0350. The van der Waals surface area contributed by atoms with Crippen LogP contribution in [0.2, 0.25) is 0 Å². The molecule has 0 spiro atoms. The summed E-state index contributed by atoms with van der Waals surface area (Å²) in [4.78, 5) is 2.80. The third kappa shape index (κ3) is 4.22. The number of nitrogens with zero attached hydrogens (tertiary/aromatic N) is 1. The SMILES string of the molecule is CCC1CCCCN1C(CN)C1CCC(C(C)(C)C)CC1. The van der Waals surface area contributed by atoms with Crippen LogP contribution < -0.4 is 5.73 Å². The van der Waals surface area contributed by atoms with Crippen molar-refractivity contribution in [2.24, 2.45) is 23.0 Å². The van der Waals surface area contributed by atoms with Crippen LogP contribution in [0.1, 0.15) is 79.1 Å². The zero-order valence-corrected chi connectivity index (χ0v) is 14.9. The summed E-state index contributed by atoms with van der Waals surface area (Å²) in [5.74, 6) is 1.76. The summed E-state index contributed by atoms with van der Waals surface area (Å²) in [6.07, 6.45) is 11.1. The van der Waals surface area contributed by atoms with Crippen LogP contribution in [0.5, 0.6) is 0 Å². The Balaban J connectivity index is 1.96. The number of likely N-dealkylation sites (tertiary alicyclic amines) is 1. The Bertz CT molecular complexity index is 299. The van der Waals surface area contributed by atoms with Gasteiger partial charge in [-0.3, -0.25) is 4.90 Å². The number of hydrogen-bond donors (Lipinski definition) is 1. The van der Waals surface area contributed by atoms with Gasteiger partial charge >= 0.3 is 0 Å². The van der Waals surface area contributed by atoms with Gasteiger partial charge in [0.2, 0.25) is 0 Å². The van der Waals surface area contributed by atoms with Crippen molar-refractivity contribution in [3.05, 3.63) is 0 Å². The Labute approximate surface area is 132 Å². The first kappa shape index (κ1) is 17.3. The normalized spacial score (nSPS) is 33.9. The zero-order chi connectivity index (χ0) is 15.5. The number of rotatable bonds is 4. The summed E-state index contributed by atoms with van der Waals surface area (Å²) in [6, 6.07) is 1.45. The maximum atomic E-state index is 6.23. The summed E-state index contributed by atoms with van der Waals surface area (Å²) in [5.41, 5.74) is 6.72. The van der Waals surface area contributed by atoms with Crippen molar-refractivity contribution in [3.63, 3.8) is 0 Å². The van der Waals surface area contributed by atoms with Crippen LogP contribution in [-0.2, 0) is 0 Å². The van der Waals surface area contributed by atoms with Crippen LogP contribution in [0.25, 0.3) is 0 Å². The third-order valence-corrected chi connectivity index (χ3v) is 6.35. The maximum absolute atomic E-state index is 6.23. The second-order valence-electron chi connectivity index (χ2n) is 8.58. The van der Waals surface area contributed by atoms with E-state index in [1.807, 2.05) is 0 Å². The molecule has 2 atom stereocenters. The van der Waals surface area contributed by atoms with Gasteiger partial charge in [-0.25, -0.2) is 0 Å². The van der Waals surface area contributed by atoms with Gasteiger partial charge in [0.25, 0.3) is 0 Å². The van der Waals surface area contributed by atoms with Gasteiger partial charge < -0.3 is 5.73 Å². The van der Waals surface area contributed by atoms with Gasteiger partial charge in [-0.15, -0.1) is 0 Å². The van der Waals surface area contributed by atoms with Gasteiger partial charge in [-0.1, -0.05) is 34.1 Å². The molecule has 21 heavy (non-hydrogen) atoms. The molecular weight excluding hydrogens is 256 g/mol. The minimum absolute atomic E-state index is 0.486. The van der Waals surface area contributed by atoms with E-state index in [9.17, 15) is 0 Å². The minimum Gasteiger partial charge on any atom is -0.329 e. The number of piperidine rings is 1. The molecule has 124 valence electrons. The molecule has 0 aromatic rings. The summed E-state index contributed by atoms with van der Waals surface area (Å²) >= 11 is 0. The molecule has 1 aliphatic heterocycles. The van der Waals surface area contributed by atoms with Crippen molar-refractivity contribution in [2.45, 2.75) is 91.1 Å². The minimum atomic E-state index is 0.486. The van der Waals surface area contributed by atoms with Crippen LogP contribution >= 0.6 is 0 Å². The van der Waals surface area contributed by atoms with Gasteiger partial charge in [0.15, 0.2) is 0 Å². The average molecular weight is 295 g/mol. The van der Waals surface area contributed by atoms with Gasteiger partial charge in [0.05, 0.1) is 0 Å². The lowest BCUT2D eigenvalue weighted by Crippen LogP contribution is -2.53. The largest absolute Gasteiger partial charge is 0.329 e. The predicted octanol–water partition coefficient (Wildman–Crippen LogP) is 4.43. The van der Waals surface area contributed by atoms with E-state index in [1.54, 1.807) is 0 Å². The van der Waals surface area contributed by atoms with Crippen LogP contribution in [0.15, 0.2) is 0 Å². The van der Waals surface area contributed by atoms with Crippen molar-refractivity contribution >= 4 is 0 Å². The number of hydrogen-bond acceptors (Lipinski definition) is 2. The van der Waals surface area contributed by atoms with Crippen LogP contribution in [0.3, 0.4) is 0 Å². The molecule has 2 heteroatoms. The van der Waals surface area contributed by atoms with Crippen molar-refractivity contribution in [1.29, 1.82) is 0 Å². The molecule has 1 heterocycles. The second-order valence-corrected chi connectivity index (χ2v) is 8.58. The number of nitrogens with two attached hydrogens (primary N) is 1. The first-order valence-electron chi connectivity index (χ1n) is 9.43. The van der Waals surface area contributed by atoms with E-state index in [0.29, 0.717) is 11.5 Å². The second kappa shape index (κ2) is 7.46. The van der Waals surface area contributed by atoms with Gasteiger partial charge in [0, 0.05) is 18.6 Å². The lowest BCUT2D eigenvalue weighted by Gasteiger charge is -2.46. The van der Waals surface area contributed by atoms with E-state index in [4.69, 9.17) is 5.73 Å². The highest BCUT2D eigenvalue weighted by Gasteiger charge is 2.36. The molecule has 2 rings (SSSR count). The van der Waals surface area contributed by atoms with Gasteiger partial charge in [0.1, 0.15) is 0 Å². The lowest BCUT2D eigenvalue weighted by atomic mass is 9.68. The van der Waals surface area contributed by atoms with Gasteiger partial charge in [-0.2, -0.15) is 0 Å². The standard InChI is InChI=1S/C19H38N2/c1-5-17-8-6-7-13-21(17)18(14-20)15-9-11-16(12-10-15)19(2,3)4/h15-18H,5-14,20H2,1-4H3. The Hall–Kier alpha value is -0.0800. The fourth-order valence-corrected chi connectivity index (χ4v) is 4.87. The molecule has 1 saturated carbocycles. The molecule has 2 N–H and O–H groups in total. The van der Waals surface area contributed by atoms with Crippen molar-refractivity contribution in [1.82, 2.24) is 4.90 Å². The summed E-state index contributed by atoms with van der Waals surface area (Å²) < 4.78 is 0. The first-order chi connectivity index (χ1) is 9.97. The quantitative estimate of drug-likeness (QED) is 0.831. The van der Waals surface area contributed by atoms with E-state index in [-0.39, 0.29) is 0 Å². The fraction of sp³-hybridized carbons (Fsp3) is 1.00. The third-order valence-electron chi connectivity index (χ3n) is 6.35. The van der Waals surface area contributed by atoms with Crippen molar-refractivity contribution in [3.8, 4) is 0 Å². The molecule has 1 aliphatic carbocycles. The highest BCUT2D eigenvalue weighted by molar-refractivity contribution is 4.90. The predicted molar refractivity (Wildman–Crippen MR) is 92.4 cm³/mol. The van der Waals surface area contributed by atoms with E-state index >= 15 is 0 Å². The Morgan fingerprint density at radius 1 is 1.05 bits per heavy atom. The molecule has 1 saturated heterocycles. The van der Waals surface area contributed by atoms with Crippen LogP contribution in [0, 0.1) is 17.3 Å². The Morgan fingerprint density at radius 2 is 1.71 bits per heavy atom. The maximum Gasteiger partial charge on any atom is 0.0249 e. The van der Waals surface area contributed by atoms with Crippen LogP contribution in [-0.4, -0.2) is 30.1 Å². The Kier molecular flexibility index (Phi) is 6.14. The molecular formula is C19H38N2. The fourth-order valence-electron chi connectivity index (χ4n) is 4.87. The molecule has 0 aromatic heterocycles. The topological polar surface area (TPSA) is 29.3 Å². The van der Waals surface area contributed by atoms with E-state index < -0.39 is 0 Å². The molecule has 2 fully saturated rings. The molecule has 2 nitrogen and oxygen atoms in total. The highest BCUT2D eigenvalue weighted by atomic mass is 15.2.